The summed E-state index contributed by atoms with van der Waals surface area (Å²) >= 11 is 1.77. The predicted molar refractivity (Wildman–Crippen MR) is 77.3 cm³/mol. The molecular formula is C13H14N2O5S. The van der Waals surface area contributed by atoms with E-state index in [2.05, 4.69) is 0 Å². The van der Waals surface area contributed by atoms with E-state index in [4.69, 9.17) is 9.47 Å². The van der Waals surface area contributed by atoms with Crippen LogP contribution in [0.25, 0.3) is 0 Å². The van der Waals surface area contributed by atoms with Crippen LogP contribution in [-0.2, 0) is 0 Å². The fourth-order valence-electron chi connectivity index (χ4n) is 2.34. The van der Waals surface area contributed by atoms with E-state index in [-0.39, 0.29) is 17.2 Å². The Balaban J connectivity index is 1.99. The molecule has 21 heavy (non-hydrogen) atoms. The van der Waals surface area contributed by atoms with Crippen molar-refractivity contribution in [1.82, 2.24) is 4.90 Å². The maximum Gasteiger partial charge on any atom is 0.286 e. The molecule has 8 heteroatoms. The third-order valence-corrected chi connectivity index (χ3v) is 4.33. The van der Waals surface area contributed by atoms with Crippen molar-refractivity contribution in [1.29, 1.82) is 0 Å². The Morgan fingerprint density at radius 3 is 2.43 bits per heavy atom. The number of fused-ring (bicyclic) bond motifs is 1. The fraction of sp³-hybridized carbons (Fsp3) is 0.462. The van der Waals surface area contributed by atoms with Gasteiger partial charge in [0.25, 0.3) is 11.6 Å². The van der Waals surface area contributed by atoms with Crippen molar-refractivity contribution >= 4 is 23.4 Å². The van der Waals surface area contributed by atoms with Crippen LogP contribution in [0, 0.1) is 10.1 Å². The molecule has 0 bridgehead atoms. The number of hydrogen-bond donors (Lipinski definition) is 0. The molecule has 1 aromatic carbocycles. The van der Waals surface area contributed by atoms with E-state index in [9.17, 15) is 14.9 Å². The molecular weight excluding hydrogens is 296 g/mol. The number of nitrogens with zero attached hydrogens (tertiary/aromatic N) is 2. The highest BCUT2D eigenvalue weighted by molar-refractivity contribution is 7.99. The zero-order chi connectivity index (χ0) is 14.8. The van der Waals surface area contributed by atoms with E-state index < -0.39 is 4.92 Å². The first-order chi connectivity index (χ1) is 10.2. The molecule has 2 heterocycles. The minimum atomic E-state index is -0.551. The van der Waals surface area contributed by atoms with Gasteiger partial charge in [0.2, 0.25) is 0 Å². The maximum absolute atomic E-state index is 12.5. The normalized spacial score (nSPS) is 17.4. The molecule has 0 spiro atoms. The minimum Gasteiger partial charge on any atom is -0.486 e. The lowest BCUT2D eigenvalue weighted by molar-refractivity contribution is -0.385. The van der Waals surface area contributed by atoms with E-state index >= 15 is 0 Å². The average molecular weight is 310 g/mol. The average Bonchev–Trinajstić information content (AvgIpc) is 2.53. The lowest BCUT2D eigenvalue weighted by Gasteiger charge is -2.27. The molecule has 0 saturated carbocycles. The first-order valence-electron chi connectivity index (χ1n) is 6.62. The minimum absolute atomic E-state index is 0.0659. The molecule has 3 rings (SSSR count). The molecule has 0 aliphatic carbocycles. The van der Waals surface area contributed by atoms with Crippen LogP contribution in [0.15, 0.2) is 12.1 Å². The van der Waals surface area contributed by atoms with Gasteiger partial charge in [-0.2, -0.15) is 11.8 Å². The Morgan fingerprint density at radius 1 is 1.19 bits per heavy atom. The summed E-state index contributed by atoms with van der Waals surface area (Å²) in [5, 5.41) is 11.2. The molecule has 1 amide bonds. The van der Waals surface area contributed by atoms with E-state index in [1.165, 1.54) is 12.1 Å². The second-order valence-corrected chi connectivity index (χ2v) is 5.90. The molecule has 1 saturated heterocycles. The lowest BCUT2D eigenvalue weighted by Crippen LogP contribution is -2.38. The number of amides is 1. The molecule has 7 nitrogen and oxygen atoms in total. The smallest absolute Gasteiger partial charge is 0.286 e. The Hall–Kier alpha value is -1.96. The first kappa shape index (κ1) is 14.0. The standard InChI is InChI=1S/C13H14N2O5S/c16-13(14-1-5-21-6-2-14)9-7-11-12(20-4-3-19-11)8-10(9)15(17)18/h7-8H,1-6H2. The highest BCUT2D eigenvalue weighted by atomic mass is 32.2. The van der Waals surface area contributed by atoms with Gasteiger partial charge in [-0.05, 0) is 0 Å². The number of hydrogen-bond acceptors (Lipinski definition) is 6. The summed E-state index contributed by atoms with van der Waals surface area (Å²) in [5.74, 6) is 2.09. The fourth-order valence-corrected chi connectivity index (χ4v) is 3.24. The summed E-state index contributed by atoms with van der Waals surface area (Å²) in [5.41, 5.74) is -0.168. The van der Waals surface area contributed by atoms with Crippen LogP contribution < -0.4 is 9.47 Å². The van der Waals surface area contributed by atoms with Crippen LogP contribution in [0.5, 0.6) is 11.5 Å². The number of ether oxygens (including phenoxy) is 2. The van der Waals surface area contributed by atoms with Crippen molar-refractivity contribution in [2.45, 2.75) is 0 Å². The van der Waals surface area contributed by atoms with Gasteiger partial charge in [0, 0.05) is 30.7 Å². The molecule has 0 radical (unpaired) electrons. The first-order valence-corrected chi connectivity index (χ1v) is 7.77. The van der Waals surface area contributed by atoms with E-state index in [1.807, 2.05) is 0 Å². The molecule has 0 unspecified atom stereocenters. The van der Waals surface area contributed by atoms with Crippen molar-refractivity contribution < 1.29 is 19.2 Å². The quantitative estimate of drug-likeness (QED) is 0.609. The number of thioether (sulfide) groups is 1. The van der Waals surface area contributed by atoms with E-state index in [0.29, 0.717) is 37.8 Å². The highest BCUT2D eigenvalue weighted by Gasteiger charge is 2.29. The molecule has 0 aromatic heterocycles. The summed E-state index contributed by atoms with van der Waals surface area (Å²) in [6.07, 6.45) is 0. The van der Waals surface area contributed by atoms with Crippen LogP contribution in [-0.4, -0.2) is 53.5 Å². The lowest BCUT2D eigenvalue weighted by atomic mass is 10.1. The third-order valence-electron chi connectivity index (χ3n) is 3.39. The van der Waals surface area contributed by atoms with Crippen molar-refractivity contribution in [2.24, 2.45) is 0 Å². The summed E-state index contributed by atoms with van der Waals surface area (Å²) < 4.78 is 10.8. The predicted octanol–water partition coefficient (Wildman–Crippen LogP) is 1.55. The topological polar surface area (TPSA) is 81.9 Å². The van der Waals surface area contributed by atoms with Gasteiger partial charge in [-0.3, -0.25) is 14.9 Å². The molecule has 2 aliphatic rings. The van der Waals surface area contributed by atoms with Crippen LogP contribution in [0.1, 0.15) is 10.4 Å². The van der Waals surface area contributed by atoms with E-state index in [1.54, 1.807) is 16.7 Å². The van der Waals surface area contributed by atoms with Crippen LogP contribution in [0.4, 0.5) is 5.69 Å². The van der Waals surface area contributed by atoms with Crippen molar-refractivity contribution in [3.8, 4) is 11.5 Å². The molecule has 112 valence electrons. The van der Waals surface area contributed by atoms with Crippen molar-refractivity contribution in [3.05, 3.63) is 27.8 Å². The highest BCUT2D eigenvalue weighted by Crippen LogP contribution is 2.37. The van der Waals surface area contributed by atoms with Gasteiger partial charge in [-0.25, -0.2) is 0 Å². The molecule has 0 atom stereocenters. The Bertz CT molecular complexity index is 586. The van der Waals surface area contributed by atoms with Gasteiger partial charge in [0.15, 0.2) is 11.5 Å². The third kappa shape index (κ3) is 2.76. The number of carbonyl (C=O) groups excluding carboxylic acids is 1. The zero-order valence-corrected chi connectivity index (χ0v) is 12.1. The van der Waals surface area contributed by atoms with Gasteiger partial charge in [0.1, 0.15) is 18.8 Å². The Kier molecular flexibility index (Phi) is 3.87. The molecule has 1 fully saturated rings. The second-order valence-electron chi connectivity index (χ2n) is 4.67. The number of rotatable bonds is 2. The van der Waals surface area contributed by atoms with E-state index in [0.717, 1.165) is 11.5 Å². The summed E-state index contributed by atoms with van der Waals surface area (Å²) in [6.45, 7) is 1.93. The van der Waals surface area contributed by atoms with Crippen LogP contribution >= 0.6 is 11.8 Å². The molecule has 1 aromatic rings. The number of nitro groups is 1. The summed E-state index contributed by atoms with van der Waals surface area (Å²) in [4.78, 5) is 24.9. The monoisotopic (exact) mass is 310 g/mol. The Morgan fingerprint density at radius 2 is 1.81 bits per heavy atom. The van der Waals surface area contributed by atoms with Gasteiger partial charge >= 0.3 is 0 Å². The number of nitro benzene ring substituents is 1. The van der Waals surface area contributed by atoms with Gasteiger partial charge in [-0.1, -0.05) is 0 Å². The maximum atomic E-state index is 12.5. The van der Waals surface area contributed by atoms with Gasteiger partial charge in [0.05, 0.1) is 11.0 Å². The summed E-state index contributed by atoms with van der Waals surface area (Å²) in [7, 11) is 0. The Labute approximate surface area is 125 Å². The largest absolute Gasteiger partial charge is 0.486 e. The number of benzene rings is 1. The van der Waals surface area contributed by atoms with Crippen molar-refractivity contribution in [3.63, 3.8) is 0 Å². The van der Waals surface area contributed by atoms with Crippen molar-refractivity contribution in [2.75, 3.05) is 37.8 Å². The number of carbonyl (C=O) groups is 1. The summed E-state index contributed by atoms with van der Waals surface area (Å²) in [6, 6.07) is 2.71. The SMILES string of the molecule is O=C(c1cc2c(cc1[N+](=O)[O-])OCCO2)N1CCSCC1. The van der Waals surface area contributed by atoms with Crippen LogP contribution in [0.3, 0.4) is 0 Å². The van der Waals surface area contributed by atoms with Gasteiger partial charge in [-0.15, -0.1) is 0 Å². The van der Waals surface area contributed by atoms with Gasteiger partial charge < -0.3 is 14.4 Å². The molecule has 2 aliphatic heterocycles. The van der Waals surface area contributed by atoms with Crippen LogP contribution in [0.2, 0.25) is 0 Å². The zero-order valence-electron chi connectivity index (χ0n) is 11.2. The second kappa shape index (κ2) is 5.80. The molecule has 0 N–H and O–H groups in total.